The SMILES string of the molecule is Nc1ncnc2c1ncn2[C@@H]1O[C@H](COP(=O)(O)O[C@H]2C(O)[C@@H](CO)O[C@H]2n2cnc3c(N)ncnc32)C(O)[C@@H]1F. The lowest BCUT2D eigenvalue weighted by atomic mass is 10.1. The molecule has 2 saturated heterocycles. The van der Waals surface area contributed by atoms with Crippen molar-refractivity contribution in [2.24, 2.45) is 0 Å². The Balaban J connectivity index is 1.18. The highest BCUT2D eigenvalue weighted by atomic mass is 31.2. The molecule has 19 nitrogen and oxygen atoms in total. The third kappa shape index (κ3) is 4.78. The van der Waals surface area contributed by atoms with Gasteiger partial charge in [0.2, 0.25) is 0 Å². The van der Waals surface area contributed by atoms with Gasteiger partial charge in [0.1, 0.15) is 54.2 Å². The third-order valence-corrected chi connectivity index (χ3v) is 7.75. The number of anilines is 2. The van der Waals surface area contributed by atoms with Crippen molar-refractivity contribution in [3.8, 4) is 0 Å². The molecular formula is C20H24FN10O9P. The van der Waals surface area contributed by atoms with Crippen molar-refractivity contribution in [2.45, 2.75) is 49.1 Å². The Labute approximate surface area is 228 Å². The first-order valence-corrected chi connectivity index (χ1v) is 13.5. The van der Waals surface area contributed by atoms with Crippen LogP contribution in [0, 0.1) is 0 Å². The molecule has 41 heavy (non-hydrogen) atoms. The summed E-state index contributed by atoms with van der Waals surface area (Å²) in [5.41, 5.74) is 12.3. The molecule has 3 unspecified atom stereocenters. The summed E-state index contributed by atoms with van der Waals surface area (Å²) in [6.45, 7) is -1.44. The predicted octanol–water partition coefficient (Wildman–Crippen LogP) is -1.82. The number of rotatable bonds is 8. The topological polar surface area (TPSA) is 274 Å². The van der Waals surface area contributed by atoms with Gasteiger partial charge in [-0.1, -0.05) is 0 Å². The summed E-state index contributed by atoms with van der Waals surface area (Å²) in [7, 11) is -5.03. The first kappa shape index (κ1) is 27.7. The van der Waals surface area contributed by atoms with Gasteiger partial charge in [-0.2, -0.15) is 0 Å². The Morgan fingerprint density at radius 1 is 0.902 bits per heavy atom. The highest BCUT2D eigenvalue weighted by molar-refractivity contribution is 7.47. The second-order valence-electron chi connectivity index (χ2n) is 9.24. The van der Waals surface area contributed by atoms with E-state index in [1.807, 2.05) is 0 Å². The normalized spacial score (nSPS) is 31.7. The Morgan fingerprint density at radius 3 is 2.05 bits per heavy atom. The smallest absolute Gasteiger partial charge is 0.394 e. The number of aliphatic hydroxyl groups is 3. The summed E-state index contributed by atoms with van der Waals surface area (Å²) in [5, 5.41) is 30.7. The van der Waals surface area contributed by atoms with Crippen LogP contribution in [-0.4, -0.2) is 109 Å². The largest absolute Gasteiger partial charge is 0.472 e. The number of ether oxygens (including phenoxy) is 2. The molecule has 0 spiro atoms. The van der Waals surface area contributed by atoms with Crippen LogP contribution >= 0.6 is 7.82 Å². The fourth-order valence-electron chi connectivity index (χ4n) is 4.74. The van der Waals surface area contributed by atoms with E-state index >= 15 is 4.39 Å². The number of phosphoric acid groups is 1. The van der Waals surface area contributed by atoms with Crippen molar-refractivity contribution >= 4 is 41.8 Å². The van der Waals surface area contributed by atoms with E-state index in [0.717, 1.165) is 12.7 Å². The van der Waals surface area contributed by atoms with E-state index in [1.54, 1.807) is 0 Å². The predicted molar refractivity (Wildman–Crippen MR) is 132 cm³/mol. The van der Waals surface area contributed by atoms with Crippen LogP contribution in [0.1, 0.15) is 12.5 Å². The highest BCUT2D eigenvalue weighted by Crippen LogP contribution is 2.50. The standard InChI is InChI=1S/C20H24FN10O9P/c21-9-12(33)8(39-19(9)30-5-28-10-15(22)24-3-26-17(10)30)2-37-41(35,36)40-14-13(34)7(1-32)38-20(14)31-6-29-11-16(23)25-4-27-18(11)31/h3-9,12-14,19-20,32-34H,1-2H2,(H,35,36)(H2,22,24,26)(H2,23,25,27)/t7-,8-,9+,12?,13?,14+,19-,20-/m1/s1. The van der Waals surface area contributed by atoms with Gasteiger partial charge in [0.15, 0.2) is 41.6 Å². The Bertz CT molecular complexity index is 1620. The minimum atomic E-state index is -5.03. The second-order valence-corrected chi connectivity index (χ2v) is 10.6. The van der Waals surface area contributed by atoms with Crippen LogP contribution in [0.15, 0.2) is 25.3 Å². The molecule has 2 fully saturated rings. The van der Waals surface area contributed by atoms with Crippen molar-refractivity contribution in [3.63, 3.8) is 0 Å². The molecule has 4 aromatic rings. The molecule has 2 aliphatic rings. The quantitative estimate of drug-likeness (QED) is 0.122. The zero-order chi connectivity index (χ0) is 29.1. The summed E-state index contributed by atoms with van der Waals surface area (Å²) < 4.78 is 52.0. The van der Waals surface area contributed by atoms with E-state index in [2.05, 4.69) is 29.9 Å². The molecule has 4 aromatic heterocycles. The van der Waals surface area contributed by atoms with Crippen LogP contribution in [0.3, 0.4) is 0 Å². The van der Waals surface area contributed by atoms with Gasteiger partial charge in [0.25, 0.3) is 0 Å². The summed E-state index contributed by atoms with van der Waals surface area (Å²) >= 11 is 0. The van der Waals surface area contributed by atoms with Gasteiger partial charge < -0.3 is 41.2 Å². The van der Waals surface area contributed by atoms with E-state index in [-0.39, 0.29) is 34.0 Å². The number of hydrogen-bond donors (Lipinski definition) is 6. The monoisotopic (exact) mass is 598 g/mol. The Hall–Kier alpha value is -3.46. The van der Waals surface area contributed by atoms with Crippen molar-refractivity contribution in [1.82, 2.24) is 39.0 Å². The lowest BCUT2D eigenvalue weighted by Gasteiger charge is -2.24. The number of nitrogens with two attached hydrogens (primary N) is 2. The minimum Gasteiger partial charge on any atom is -0.394 e. The third-order valence-electron chi connectivity index (χ3n) is 6.77. The van der Waals surface area contributed by atoms with Crippen LogP contribution < -0.4 is 11.5 Å². The van der Waals surface area contributed by atoms with Gasteiger partial charge in [0, 0.05) is 0 Å². The zero-order valence-electron chi connectivity index (χ0n) is 20.7. The molecule has 6 rings (SSSR count). The number of halogens is 1. The number of aliphatic hydroxyl groups excluding tert-OH is 3. The number of fused-ring (bicyclic) bond motifs is 2. The summed E-state index contributed by atoms with van der Waals surface area (Å²) in [6.07, 6.45) is -7.52. The van der Waals surface area contributed by atoms with Gasteiger partial charge in [-0.25, -0.2) is 38.9 Å². The maximum Gasteiger partial charge on any atom is 0.472 e. The molecule has 9 atom stereocenters. The molecule has 0 aliphatic carbocycles. The van der Waals surface area contributed by atoms with Gasteiger partial charge in [0.05, 0.1) is 25.9 Å². The first-order valence-electron chi connectivity index (χ1n) is 12.0. The van der Waals surface area contributed by atoms with E-state index in [1.165, 1.54) is 21.8 Å². The summed E-state index contributed by atoms with van der Waals surface area (Å²) in [5.74, 6) is 0.110. The second kappa shape index (κ2) is 10.4. The van der Waals surface area contributed by atoms with Crippen molar-refractivity contribution in [3.05, 3.63) is 25.3 Å². The number of alkyl halides is 1. The lowest BCUT2D eigenvalue weighted by molar-refractivity contribution is -0.0600. The number of imidazole rings is 2. The Morgan fingerprint density at radius 2 is 1.46 bits per heavy atom. The van der Waals surface area contributed by atoms with Gasteiger partial charge in [-0.15, -0.1) is 0 Å². The van der Waals surface area contributed by atoms with Crippen LogP contribution in [0.25, 0.3) is 22.3 Å². The molecule has 6 heterocycles. The lowest BCUT2D eigenvalue weighted by Crippen LogP contribution is -2.35. The van der Waals surface area contributed by atoms with Crippen LogP contribution in [0.5, 0.6) is 0 Å². The maximum absolute atomic E-state index is 15.1. The number of aromatic nitrogens is 8. The van der Waals surface area contributed by atoms with Gasteiger partial charge in [-0.3, -0.25) is 18.2 Å². The van der Waals surface area contributed by atoms with Crippen molar-refractivity contribution < 1.29 is 47.7 Å². The molecule has 0 amide bonds. The molecule has 21 heteroatoms. The number of phosphoric ester groups is 1. The minimum absolute atomic E-state index is 0.0545. The van der Waals surface area contributed by atoms with Crippen molar-refractivity contribution in [1.29, 1.82) is 0 Å². The average molecular weight is 598 g/mol. The summed E-state index contributed by atoms with van der Waals surface area (Å²) in [6, 6.07) is 0. The number of nitrogens with zero attached hydrogens (tertiary/aromatic N) is 8. The molecule has 8 N–H and O–H groups in total. The molecule has 0 bridgehead atoms. The van der Waals surface area contributed by atoms with Gasteiger partial charge in [-0.05, 0) is 0 Å². The van der Waals surface area contributed by atoms with E-state index in [4.69, 9.17) is 30.0 Å². The van der Waals surface area contributed by atoms with Crippen molar-refractivity contribution in [2.75, 3.05) is 24.7 Å². The maximum atomic E-state index is 15.1. The number of nitrogen functional groups attached to an aromatic ring is 2. The first-order chi connectivity index (χ1) is 19.6. The van der Waals surface area contributed by atoms with E-state index in [0.29, 0.717) is 0 Å². The van der Waals surface area contributed by atoms with Crippen LogP contribution in [0.2, 0.25) is 0 Å². The van der Waals surface area contributed by atoms with Crippen LogP contribution in [-0.2, 0) is 23.1 Å². The molecule has 0 radical (unpaired) electrons. The molecular weight excluding hydrogens is 574 g/mol. The van der Waals surface area contributed by atoms with Gasteiger partial charge >= 0.3 is 7.82 Å². The van der Waals surface area contributed by atoms with E-state index < -0.39 is 70.2 Å². The average Bonchev–Trinajstić information content (AvgIpc) is 3.70. The fraction of sp³-hybridized carbons (Fsp3) is 0.500. The van der Waals surface area contributed by atoms with E-state index in [9.17, 15) is 24.8 Å². The summed E-state index contributed by atoms with van der Waals surface area (Å²) in [4.78, 5) is 34.4. The fourth-order valence-corrected chi connectivity index (χ4v) is 5.67. The molecule has 0 saturated carbocycles. The molecule has 220 valence electrons. The number of hydrogen-bond acceptors (Lipinski definition) is 16. The molecule has 0 aromatic carbocycles. The zero-order valence-corrected chi connectivity index (χ0v) is 21.6. The highest BCUT2D eigenvalue weighted by Gasteiger charge is 2.51. The Kier molecular flexibility index (Phi) is 7.04. The van der Waals surface area contributed by atoms with Crippen LogP contribution in [0.4, 0.5) is 16.0 Å². The molecule has 2 aliphatic heterocycles.